The Morgan fingerprint density at radius 2 is 2.05 bits per heavy atom. The van der Waals surface area contributed by atoms with E-state index in [0.29, 0.717) is 12.5 Å². The monoisotopic (exact) mass is 303 g/mol. The van der Waals surface area contributed by atoms with E-state index < -0.39 is 0 Å². The maximum Gasteiger partial charge on any atom is 0.290 e. The Morgan fingerprint density at radius 1 is 1.23 bits per heavy atom. The van der Waals surface area contributed by atoms with E-state index in [9.17, 15) is 5.11 Å². The molecule has 2 heterocycles. The van der Waals surface area contributed by atoms with Gasteiger partial charge in [-0.25, -0.2) is 0 Å². The molecule has 1 N–H and O–H groups in total. The van der Waals surface area contributed by atoms with Crippen LogP contribution in [-0.2, 0) is 11.3 Å². The van der Waals surface area contributed by atoms with Gasteiger partial charge in [-0.3, -0.25) is 4.90 Å². The van der Waals surface area contributed by atoms with Crippen LogP contribution in [0.25, 0.3) is 0 Å². The van der Waals surface area contributed by atoms with Gasteiger partial charge >= 0.3 is 0 Å². The van der Waals surface area contributed by atoms with Crippen LogP contribution in [0.1, 0.15) is 12.2 Å². The summed E-state index contributed by atoms with van der Waals surface area (Å²) in [5.41, 5.74) is 0. The van der Waals surface area contributed by atoms with Crippen LogP contribution in [0.5, 0.6) is 11.7 Å². The number of ether oxygens (including phenoxy) is 2. The van der Waals surface area contributed by atoms with Crippen LogP contribution in [0.15, 0.2) is 46.9 Å². The third kappa shape index (κ3) is 3.50. The molecule has 3 rings (SSSR count). The average Bonchev–Trinajstić information content (AvgIpc) is 3.15. The summed E-state index contributed by atoms with van der Waals surface area (Å²) in [5, 5.41) is 9.48. The molecule has 0 bridgehead atoms. The lowest BCUT2D eigenvalue weighted by Crippen LogP contribution is -2.31. The van der Waals surface area contributed by atoms with Crippen molar-refractivity contribution in [2.24, 2.45) is 0 Å². The lowest BCUT2D eigenvalue weighted by Gasteiger charge is -2.20. The molecule has 1 fully saturated rings. The molecule has 0 spiro atoms. The van der Waals surface area contributed by atoms with Crippen molar-refractivity contribution < 1.29 is 19.0 Å². The summed E-state index contributed by atoms with van der Waals surface area (Å²) in [7, 11) is 1.71. The van der Waals surface area contributed by atoms with Gasteiger partial charge in [0.05, 0.1) is 19.3 Å². The highest BCUT2D eigenvalue weighted by Gasteiger charge is 2.32. The molecule has 118 valence electrons. The highest BCUT2D eigenvalue weighted by atomic mass is 16.6. The van der Waals surface area contributed by atoms with Crippen molar-refractivity contribution in [1.82, 2.24) is 4.90 Å². The number of benzene rings is 1. The van der Waals surface area contributed by atoms with Gasteiger partial charge in [0.1, 0.15) is 11.5 Å². The van der Waals surface area contributed by atoms with Gasteiger partial charge in [0.25, 0.3) is 5.95 Å². The normalized spacial score (nSPS) is 22.1. The molecule has 1 saturated heterocycles. The highest BCUT2D eigenvalue weighted by molar-refractivity contribution is 5.26. The van der Waals surface area contributed by atoms with E-state index in [2.05, 4.69) is 4.90 Å². The second-order valence-corrected chi connectivity index (χ2v) is 5.50. The topological polar surface area (TPSA) is 55.1 Å². The summed E-state index contributed by atoms with van der Waals surface area (Å²) in [4.78, 5) is 2.18. The largest absolute Gasteiger partial charge is 0.429 e. The van der Waals surface area contributed by atoms with Gasteiger partial charge in [-0.1, -0.05) is 18.2 Å². The third-order valence-electron chi connectivity index (χ3n) is 3.99. The highest BCUT2D eigenvalue weighted by Crippen LogP contribution is 2.27. The molecule has 5 nitrogen and oxygen atoms in total. The van der Waals surface area contributed by atoms with Crippen molar-refractivity contribution >= 4 is 0 Å². The van der Waals surface area contributed by atoms with Gasteiger partial charge in [-0.15, -0.1) is 0 Å². The predicted octanol–water partition coefficient (Wildman–Crippen LogP) is 2.65. The molecule has 1 aliphatic heterocycles. The molecule has 1 aromatic heterocycles. The maximum absolute atomic E-state index is 9.48. The van der Waals surface area contributed by atoms with Crippen molar-refractivity contribution in [2.75, 3.05) is 20.3 Å². The fourth-order valence-corrected chi connectivity index (χ4v) is 2.80. The Hall–Kier alpha value is -1.82. The summed E-state index contributed by atoms with van der Waals surface area (Å²) in [6.45, 7) is 1.58. The van der Waals surface area contributed by atoms with E-state index in [-0.39, 0.29) is 18.8 Å². The lowest BCUT2D eigenvalue weighted by atomic mass is 10.2. The van der Waals surface area contributed by atoms with Crippen LogP contribution in [0, 0.1) is 0 Å². The Labute approximate surface area is 130 Å². The average molecular weight is 303 g/mol. The Balaban J connectivity index is 1.62. The van der Waals surface area contributed by atoms with E-state index in [1.165, 1.54) is 0 Å². The summed E-state index contributed by atoms with van der Waals surface area (Å²) in [6, 6.07) is 13.4. The number of hydrogen-bond donors (Lipinski definition) is 1. The Morgan fingerprint density at radius 3 is 2.77 bits per heavy atom. The molecule has 1 aromatic carbocycles. The lowest BCUT2D eigenvalue weighted by molar-refractivity contribution is 0.105. The first kappa shape index (κ1) is 15.1. The summed E-state index contributed by atoms with van der Waals surface area (Å²) in [5.74, 6) is 2.04. The Bertz CT molecular complexity index is 583. The van der Waals surface area contributed by atoms with Gasteiger partial charge in [-0.05, 0) is 24.6 Å². The number of furan rings is 1. The molecule has 0 amide bonds. The molecule has 22 heavy (non-hydrogen) atoms. The number of rotatable bonds is 6. The standard InChI is InChI=1S/C17H21NO4/c1-20-16-9-13(12-19)18(11-16)10-15-7-8-17(22-15)21-14-5-3-2-4-6-14/h2-8,13,16,19H,9-12H2,1H3/t13-,16-/m0/s1. The van der Waals surface area contributed by atoms with Gasteiger partial charge < -0.3 is 19.0 Å². The van der Waals surface area contributed by atoms with Gasteiger partial charge in [0, 0.05) is 25.8 Å². The van der Waals surface area contributed by atoms with E-state index in [4.69, 9.17) is 13.9 Å². The van der Waals surface area contributed by atoms with Crippen molar-refractivity contribution in [3.63, 3.8) is 0 Å². The van der Waals surface area contributed by atoms with E-state index in [1.54, 1.807) is 7.11 Å². The number of aliphatic hydroxyl groups is 1. The van der Waals surface area contributed by atoms with Crippen molar-refractivity contribution in [2.45, 2.75) is 25.1 Å². The first-order chi connectivity index (χ1) is 10.8. The van der Waals surface area contributed by atoms with Crippen LogP contribution >= 0.6 is 0 Å². The molecule has 2 aromatic rings. The van der Waals surface area contributed by atoms with E-state index in [1.807, 2.05) is 42.5 Å². The molecule has 0 unspecified atom stereocenters. The predicted molar refractivity (Wildman–Crippen MR) is 81.9 cm³/mol. The zero-order valence-electron chi connectivity index (χ0n) is 12.6. The smallest absolute Gasteiger partial charge is 0.290 e. The number of methoxy groups -OCH3 is 1. The van der Waals surface area contributed by atoms with Crippen molar-refractivity contribution in [3.8, 4) is 11.7 Å². The van der Waals surface area contributed by atoms with E-state index >= 15 is 0 Å². The number of likely N-dealkylation sites (tertiary alicyclic amines) is 1. The van der Waals surface area contributed by atoms with Crippen LogP contribution < -0.4 is 4.74 Å². The summed E-state index contributed by atoms with van der Waals surface area (Å²) < 4.78 is 16.8. The maximum atomic E-state index is 9.48. The third-order valence-corrected chi connectivity index (χ3v) is 3.99. The number of para-hydroxylation sites is 1. The zero-order valence-corrected chi connectivity index (χ0v) is 12.6. The van der Waals surface area contributed by atoms with Crippen molar-refractivity contribution in [3.05, 3.63) is 48.2 Å². The number of hydrogen-bond acceptors (Lipinski definition) is 5. The molecular weight excluding hydrogens is 282 g/mol. The number of nitrogens with zero attached hydrogens (tertiary/aromatic N) is 1. The first-order valence-electron chi connectivity index (χ1n) is 7.48. The molecule has 1 aliphatic rings. The van der Waals surface area contributed by atoms with Crippen LogP contribution in [0.4, 0.5) is 0 Å². The van der Waals surface area contributed by atoms with Gasteiger partial charge in [-0.2, -0.15) is 0 Å². The van der Waals surface area contributed by atoms with Gasteiger partial charge in [0.15, 0.2) is 0 Å². The summed E-state index contributed by atoms with van der Waals surface area (Å²) in [6.07, 6.45) is 1.02. The summed E-state index contributed by atoms with van der Waals surface area (Å²) >= 11 is 0. The molecule has 0 radical (unpaired) electrons. The SMILES string of the molecule is CO[C@H]1C[C@@H](CO)N(Cc2ccc(Oc3ccccc3)o2)C1. The molecular formula is C17H21NO4. The minimum atomic E-state index is 0.119. The number of aliphatic hydroxyl groups excluding tert-OH is 1. The fraction of sp³-hybridized carbons (Fsp3) is 0.412. The quantitative estimate of drug-likeness (QED) is 0.889. The zero-order chi connectivity index (χ0) is 15.4. The molecule has 5 heteroatoms. The first-order valence-corrected chi connectivity index (χ1v) is 7.48. The minimum absolute atomic E-state index is 0.119. The van der Waals surface area contributed by atoms with Crippen molar-refractivity contribution in [1.29, 1.82) is 0 Å². The molecule has 0 aliphatic carbocycles. The second-order valence-electron chi connectivity index (χ2n) is 5.50. The molecule has 2 atom stereocenters. The van der Waals surface area contributed by atoms with Crippen LogP contribution in [0.3, 0.4) is 0 Å². The van der Waals surface area contributed by atoms with E-state index in [0.717, 1.165) is 24.5 Å². The Kier molecular flexibility index (Phi) is 4.77. The van der Waals surface area contributed by atoms with Crippen LogP contribution in [0.2, 0.25) is 0 Å². The minimum Gasteiger partial charge on any atom is -0.429 e. The van der Waals surface area contributed by atoms with Crippen LogP contribution in [-0.4, -0.2) is 42.4 Å². The molecule has 0 saturated carbocycles. The fourth-order valence-electron chi connectivity index (χ4n) is 2.80. The van der Waals surface area contributed by atoms with Gasteiger partial charge in [0.2, 0.25) is 0 Å². The second kappa shape index (κ2) is 6.96.